The number of ether oxygens (including phenoxy) is 2. The summed E-state index contributed by atoms with van der Waals surface area (Å²) < 4.78 is 11.9. The Labute approximate surface area is 219 Å². The van der Waals surface area contributed by atoms with Crippen molar-refractivity contribution in [3.63, 3.8) is 0 Å². The highest BCUT2D eigenvalue weighted by Crippen LogP contribution is 2.59. The van der Waals surface area contributed by atoms with Crippen LogP contribution in [0.5, 0.6) is 5.75 Å². The van der Waals surface area contributed by atoms with E-state index >= 15 is 0 Å². The first-order valence-corrected chi connectivity index (χ1v) is 13.7. The number of fused-ring (bicyclic) bond motifs is 1. The third-order valence-electron chi connectivity index (χ3n) is 8.12. The zero-order valence-corrected chi connectivity index (χ0v) is 22.4. The van der Waals surface area contributed by atoms with Crippen LogP contribution in [0.3, 0.4) is 0 Å². The van der Waals surface area contributed by atoms with Crippen LogP contribution >= 0.6 is 0 Å². The monoisotopic (exact) mass is 515 g/mol. The number of rotatable bonds is 12. The molecule has 9 nitrogen and oxygen atoms in total. The van der Waals surface area contributed by atoms with Crippen LogP contribution in [0.2, 0.25) is 0 Å². The first kappa shape index (κ1) is 27.4. The average molecular weight is 516 g/mol. The Balaban J connectivity index is 1.61. The number of aliphatic hydroxyl groups excluding tert-OH is 1. The van der Waals surface area contributed by atoms with Crippen LogP contribution in [0.15, 0.2) is 24.3 Å². The molecular formula is C28H41N3O6. The summed E-state index contributed by atoms with van der Waals surface area (Å²) in [6, 6.07) is 5.68. The Hall–Kier alpha value is -2.65. The Morgan fingerprint density at radius 2 is 1.92 bits per heavy atom. The second kappa shape index (κ2) is 11.4. The van der Waals surface area contributed by atoms with Gasteiger partial charge in [0.2, 0.25) is 17.7 Å². The number of carbonyl (C=O) groups is 3. The summed E-state index contributed by atoms with van der Waals surface area (Å²) >= 11 is 0. The second-order valence-corrected chi connectivity index (χ2v) is 10.7. The fraction of sp³-hybridized carbons (Fsp3) is 0.679. The largest absolute Gasteiger partial charge is 0.494 e. The molecule has 0 aliphatic carbocycles. The third kappa shape index (κ3) is 4.95. The Morgan fingerprint density at radius 3 is 2.54 bits per heavy atom. The predicted molar refractivity (Wildman–Crippen MR) is 139 cm³/mol. The van der Waals surface area contributed by atoms with E-state index in [0.29, 0.717) is 37.4 Å². The molecule has 1 aromatic rings. The second-order valence-electron chi connectivity index (χ2n) is 10.7. The molecular weight excluding hydrogens is 474 g/mol. The maximum absolute atomic E-state index is 14.0. The maximum Gasteiger partial charge on any atom is 0.245 e. The summed E-state index contributed by atoms with van der Waals surface area (Å²) in [5.41, 5.74) is -0.465. The number of anilines is 1. The number of nitrogens with zero attached hydrogens (tertiary/aromatic N) is 1. The summed E-state index contributed by atoms with van der Waals surface area (Å²) in [5.74, 6) is -1.68. The molecule has 3 aliphatic rings. The molecule has 0 aromatic heterocycles. The van der Waals surface area contributed by atoms with E-state index in [9.17, 15) is 19.5 Å². The molecule has 0 radical (unpaired) electrons. The van der Waals surface area contributed by atoms with Crippen LogP contribution in [0.25, 0.3) is 0 Å². The Kier molecular flexibility index (Phi) is 8.43. The molecule has 0 saturated carbocycles. The van der Waals surface area contributed by atoms with Gasteiger partial charge in [0.25, 0.3) is 0 Å². The highest BCUT2D eigenvalue weighted by Gasteiger charge is 2.75. The molecule has 37 heavy (non-hydrogen) atoms. The molecule has 3 saturated heterocycles. The van der Waals surface area contributed by atoms with Crippen LogP contribution in [0.4, 0.5) is 5.69 Å². The van der Waals surface area contributed by atoms with Crippen molar-refractivity contribution in [2.75, 3.05) is 25.1 Å². The van der Waals surface area contributed by atoms with Crippen molar-refractivity contribution < 1.29 is 29.0 Å². The summed E-state index contributed by atoms with van der Waals surface area (Å²) in [7, 11) is 0. The number of hydrogen-bond acceptors (Lipinski definition) is 6. The molecule has 9 heteroatoms. The van der Waals surface area contributed by atoms with Gasteiger partial charge in [-0.3, -0.25) is 14.4 Å². The molecule has 1 spiro atoms. The molecule has 1 aromatic carbocycles. The van der Waals surface area contributed by atoms with Gasteiger partial charge in [0.15, 0.2) is 0 Å². The molecule has 2 unspecified atom stereocenters. The minimum absolute atomic E-state index is 0.0760. The Morgan fingerprint density at radius 1 is 1.19 bits per heavy atom. The number of benzene rings is 1. The molecule has 3 aliphatic heterocycles. The van der Waals surface area contributed by atoms with Gasteiger partial charge in [-0.25, -0.2) is 0 Å². The van der Waals surface area contributed by atoms with Gasteiger partial charge in [0, 0.05) is 12.2 Å². The van der Waals surface area contributed by atoms with E-state index in [4.69, 9.17) is 9.47 Å². The van der Waals surface area contributed by atoms with E-state index in [1.165, 1.54) is 4.90 Å². The van der Waals surface area contributed by atoms with Crippen molar-refractivity contribution in [3.05, 3.63) is 24.3 Å². The first-order valence-electron chi connectivity index (χ1n) is 13.7. The highest BCUT2D eigenvalue weighted by atomic mass is 16.5. The summed E-state index contributed by atoms with van der Waals surface area (Å²) in [4.78, 5) is 42.7. The van der Waals surface area contributed by atoms with Gasteiger partial charge < -0.3 is 30.1 Å². The summed E-state index contributed by atoms with van der Waals surface area (Å²) in [6.45, 7) is 8.65. The first-order chi connectivity index (χ1) is 17.8. The van der Waals surface area contributed by atoms with E-state index < -0.39 is 35.6 Å². The van der Waals surface area contributed by atoms with E-state index in [-0.39, 0.29) is 30.2 Å². The van der Waals surface area contributed by atoms with E-state index in [1.807, 2.05) is 20.8 Å². The predicted octanol–water partition coefficient (Wildman–Crippen LogP) is 2.72. The lowest BCUT2D eigenvalue weighted by Gasteiger charge is -2.38. The van der Waals surface area contributed by atoms with Crippen LogP contribution in [-0.4, -0.2) is 71.3 Å². The van der Waals surface area contributed by atoms with Gasteiger partial charge in [-0.05, 0) is 56.4 Å². The minimum Gasteiger partial charge on any atom is -0.494 e. The van der Waals surface area contributed by atoms with Gasteiger partial charge in [-0.15, -0.1) is 0 Å². The third-order valence-corrected chi connectivity index (χ3v) is 8.12. The number of likely N-dealkylation sites (tertiary alicyclic amines) is 1. The lowest BCUT2D eigenvalue weighted by molar-refractivity contribution is -0.146. The number of aliphatic hydroxyl groups is 1. The molecule has 2 bridgehead atoms. The van der Waals surface area contributed by atoms with E-state index in [2.05, 4.69) is 17.6 Å². The molecule has 6 atom stereocenters. The van der Waals surface area contributed by atoms with Gasteiger partial charge in [0.05, 0.1) is 37.2 Å². The molecule has 3 amide bonds. The van der Waals surface area contributed by atoms with Crippen molar-refractivity contribution >= 4 is 23.4 Å². The van der Waals surface area contributed by atoms with Crippen LogP contribution in [0, 0.1) is 17.8 Å². The zero-order valence-electron chi connectivity index (χ0n) is 22.4. The maximum atomic E-state index is 14.0. The van der Waals surface area contributed by atoms with Crippen molar-refractivity contribution in [1.82, 2.24) is 10.2 Å². The SMILES string of the molecule is CCCCCNC(=O)C1N([C@@H](CO)C(C)C)C(=O)[C@@H]2[C@H](C(=O)Nc3ccc(OCC)cc3)[C@@H]3CCC12O3. The van der Waals surface area contributed by atoms with Crippen molar-refractivity contribution in [2.24, 2.45) is 17.8 Å². The molecule has 204 valence electrons. The van der Waals surface area contributed by atoms with Gasteiger partial charge >= 0.3 is 0 Å². The number of unbranched alkanes of at least 4 members (excludes halogenated alkanes) is 2. The van der Waals surface area contributed by atoms with Crippen molar-refractivity contribution in [2.45, 2.75) is 83.6 Å². The molecule has 3 heterocycles. The minimum atomic E-state index is -1.07. The molecule has 4 rings (SSSR count). The Bertz CT molecular complexity index is 983. The van der Waals surface area contributed by atoms with E-state index in [1.54, 1.807) is 24.3 Å². The van der Waals surface area contributed by atoms with Crippen LogP contribution in [-0.2, 0) is 19.1 Å². The standard InChI is InChI=1S/C28H41N3O6/c1-5-7-8-15-29-26(34)24-28-14-13-21(37-28)22(23(28)27(35)31(24)20(16-32)17(3)4)25(33)30-18-9-11-19(12-10-18)36-6-2/h9-12,17,20-24,32H,5-8,13-16H2,1-4H3,(H,29,34)(H,30,33)/t20-,21-,22+,23-,24?,28?/m0/s1. The normalized spacial score (nSPS) is 28.9. The van der Waals surface area contributed by atoms with Gasteiger partial charge in [-0.1, -0.05) is 33.6 Å². The molecule has 3 fully saturated rings. The highest BCUT2D eigenvalue weighted by molar-refractivity contribution is 6.02. The number of amides is 3. The van der Waals surface area contributed by atoms with Crippen molar-refractivity contribution in [1.29, 1.82) is 0 Å². The fourth-order valence-corrected chi connectivity index (χ4v) is 6.38. The quantitative estimate of drug-likeness (QED) is 0.369. The zero-order chi connectivity index (χ0) is 26.7. The number of carbonyl (C=O) groups excluding carboxylic acids is 3. The van der Waals surface area contributed by atoms with Crippen LogP contribution < -0.4 is 15.4 Å². The summed E-state index contributed by atoms with van der Waals surface area (Å²) in [6.07, 6.45) is 3.58. The van der Waals surface area contributed by atoms with Gasteiger partial charge in [0.1, 0.15) is 17.4 Å². The van der Waals surface area contributed by atoms with Crippen molar-refractivity contribution in [3.8, 4) is 5.75 Å². The number of hydrogen-bond donors (Lipinski definition) is 3. The lowest BCUT2D eigenvalue weighted by atomic mass is 9.70. The molecule has 3 N–H and O–H groups in total. The summed E-state index contributed by atoms with van der Waals surface area (Å²) in [5, 5.41) is 16.2. The number of nitrogens with one attached hydrogen (secondary N) is 2. The lowest BCUT2D eigenvalue weighted by Crippen LogP contribution is -2.59. The van der Waals surface area contributed by atoms with E-state index in [0.717, 1.165) is 19.3 Å². The fourth-order valence-electron chi connectivity index (χ4n) is 6.38. The van der Waals surface area contributed by atoms with Gasteiger partial charge in [-0.2, -0.15) is 0 Å². The average Bonchev–Trinajstić information content (AvgIpc) is 3.51. The van der Waals surface area contributed by atoms with Crippen LogP contribution in [0.1, 0.15) is 59.8 Å². The topological polar surface area (TPSA) is 117 Å². The smallest absolute Gasteiger partial charge is 0.245 e.